The van der Waals surface area contributed by atoms with E-state index in [1.165, 1.54) is 13.3 Å². The molecule has 2 aromatic rings. The van der Waals surface area contributed by atoms with Crippen LogP contribution in [0.2, 0.25) is 0 Å². The molecule has 0 spiro atoms. The third-order valence-electron chi connectivity index (χ3n) is 8.01. The molecule has 4 rings (SSSR count). The molecule has 36 heavy (non-hydrogen) atoms. The zero-order valence-electron chi connectivity index (χ0n) is 21.1. The Kier molecular flexibility index (Phi) is 8.49. The van der Waals surface area contributed by atoms with Crippen LogP contribution in [-0.2, 0) is 20.7 Å². The van der Waals surface area contributed by atoms with Gasteiger partial charge in [-0.1, -0.05) is 37.3 Å². The lowest BCUT2D eigenvalue weighted by atomic mass is 9.76. The van der Waals surface area contributed by atoms with E-state index in [-0.39, 0.29) is 42.5 Å². The Balaban J connectivity index is 1.52. The molecule has 7 heteroatoms. The summed E-state index contributed by atoms with van der Waals surface area (Å²) in [6.07, 6.45) is 5.43. The monoisotopic (exact) mass is 494 g/mol. The van der Waals surface area contributed by atoms with E-state index in [2.05, 4.69) is 4.98 Å². The Morgan fingerprint density at radius 1 is 1.06 bits per heavy atom. The lowest BCUT2D eigenvalue weighted by Gasteiger charge is -2.35. The second-order valence-corrected chi connectivity index (χ2v) is 10.2. The number of aromatic nitrogens is 1. The van der Waals surface area contributed by atoms with Crippen LogP contribution >= 0.6 is 0 Å². The molecule has 1 unspecified atom stereocenters. The number of alkyl halides is 1. The van der Waals surface area contributed by atoms with E-state index in [4.69, 9.17) is 4.74 Å². The zero-order chi connectivity index (χ0) is 25.7. The number of halogens is 1. The highest BCUT2D eigenvalue weighted by molar-refractivity contribution is 5.93. The number of rotatable bonds is 8. The van der Waals surface area contributed by atoms with Gasteiger partial charge in [-0.05, 0) is 61.6 Å². The number of nitrogens with zero attached hydrogens (tertiary/aromatic N) is 2. The summed E-state index contributed by atoms with van der Waals surface area (Å²) in [5.41, 5.74) is 1.94. The molecule has 0 bridgehead atoms. The molecule has 6 nitrogen and oxygen atoms in total. The van der Waals surface area contributed by atoms with Gasteiger partial charge in [0.15, 0.2) is 5.78 Å². The first-order chi connectivity index (χ1) is 17.4. The molecule has 1 amide bonds. The predicted octanol–water partition coefficient (Wildman–Crippen LogP) is 4.78. The highest BCUT2D eigenvalue weighted by atomic mass is 19.1. The van der Waals surface area contributed by atoms with Gasteiger partial charge in [-0.2, -0.15) is 0 Å². The van der Waals surface area contributed by atoms with Crippen LogP contribution < -0.4 is 0 Å². The number of hydrogen-bond donors (Lipinski definition) is 0. The number of Topliss-reactive ketones (excluding diaryl/α,β-unsaturated/α-hetero) is 1. The fourth-order valence-corrected chi connectivity index (χ4v) is 5.83. The van der Waals surface area contributed by atoms with Crippen LogP contribution in [0.5, 0.6) is 0 Å². The Morgan fingerprint density at radius 2 is 1.78 bits per heavy atom. The van der Waals surface area contributed by atoms with Crippen molar-refractivity contribution in [3.8, 4) is 0 Å². The molecule has 1 saturated carbocycles. The molecule has 0 radical (unpaired) electrons. The van der Waals surface area contributed by atoms with Crippen molar-refractivity contribution >= 4 is 17.7 Å². The largest absolute Gasteiger partial charge is 0.465 e. The van der Waals surface area contributed by atoms with Crippen LogP contribution in [0.3, 0.4) is 0 Å². The van der Waals surface area contributed by atoms with Crippen molar-refractivity contribution in [3.05, 3.63) is 65.5 Å². The Hall–Kier alpha value is -3.09. The highest BCUT2D eigenvalue weighted by Crippen LogP contribution is 2.39. The topological polar surface area (TPSA) is 76.6 Å². The first-order valence-corrected chi connectivity index (χ1v) is 12.9. The first kappa shape index (κ1) is 26.0. The van der Waals surface area contributed by atoms with Crippen LogP contribution in [0.25, 0.3) is 0 Å². The fraction of sp³-hybridized carbons (Fsp3) is 0.517. The fourth-order valence-electron chi connectivity index (χ4n) is 5.83. The second-order valence-electron chi connectivity index (χ2n) is 10.2. The maximum Gasteiger partial charge on any atom is 0.339 e. The SMILES string of the molecule is COC(=O)c1ccc(CC(=O)[C@@H]2[C@@H](c3ccccc3)CCN2C(=O)C2CCC(C(C)CF)CC2)nc1. The van der Waals surface area contributed by atoms with E-state index in [9.17, 15) is 18.8 Å². The number of carbonyl (C=O) groups excluding carboxylic acids is 3. The number of benzene rings is 1. The van der Waals surface area contributed by atoms with Gasteiger partial charge in [0.25, 0.3) is 0 Å². The summed E-state index contributed by atoms with van der Waals surface area (Å²) in [6.45, 7) is 2.17. The minimum absolute atomic E-state index is 0.0303. The minimum atomic E-state index is -0.551. The number of likely N-dealkylation sites (tertiary alicyclic amines) is 1. The molecule has 2 heterocycles. The lowest BCUT2D eigenvalue weighted by Crippen LogP contribution is -2.46. The van der Waals surface area contributed by atoms with Crippen molar-refractivity contribution in [1.29, 1.82) is 0 Å². The predicted molar refractivity (Wildman–Crippen MR) is 134 cm³/mol. The molecule has 1 aliphatic carbocycles. The number of hydrogen-bond acceptors (Lipinski definition) is 5. The summed E-state index contributed by atoms with van der Waals surface area (Å²) in [7, 11) is 1.31. The van der Waals surface area contributed by atoms with Gasteiger partial charge in [0.2, 0.25) is 5.91 Å². The smallest absolute Gasteiger partial charge is 0.339 e. The number of carbonyl (C=O) groups is 3. The van der Waals surface area contributed by atoms with Gasteiger partial charge in [-0.15, -0.1) is 0 Å². The summed E-state index contributed by atoms with van der Waals surface area (Å²) >= 11 is 0. The normalized spacial score (nSPS) is 24.8. The quantitative estimate of drug-likeness (QED) is 0.494. The molecule has 2 aliphatic rings. The van der Waals surface area contributed by atoms with Crippen molar-refractivity contribution in [2.24, 2.45) is 17.8 Å². The summed E-state index contributed by atoms with van der Waals surface area (Å²) < 4.78 is 17.9. The molecule has 0 N–H and O–H groups in total. The lowest BCUT2D eigenvalue weighted by molar-refractivity contribution is -0.142. The van der Waals surface area contributed by atoms with Gasteiger partial charge in [-0.25, -0.2) is 4.79 Å². The molecule has 3 atom stereocenters. The molecule has 1 aromatic carbocycles. The van der Waals surface area contributed by atoms with E-state index in [1.807, 2.05) is 37.3 Å². The van der Waals surface area contributed by atoms with E-state index in [0.29, 0.717) is 23.7 Å². The molecular formula is C29H35FN2O4. The summed E-state index contributed by atoms with van der Waals surface area (Å²) in [4.78, 5) is 45.2. The summed E-state index contributed by atoms with van der Waals surface area (Å²) in [6, 6.07) is 12.6. The number of ketones is 1. The Bertz CT molecular complexity index is 1050. The third-order valence-corrected chi connectivity index (χ3v) is 8.01. The second kappa shape index (κ2) is 11.8. The van der Waals surface area contributed by atoms with Gasteiger partial charge in [0.05, 0.1) is 31.8 Å². The average molecular weight is 495 g/mol. The van der Waals surface area contributed by atoms with Crippen molar-refractivity contribution in [1.82, 2.24) is 9.88 Å². The van der Waals surface area contributed by atoms with Crippen molar-refractivity contribution in [2.75, 3.05) is 20.3 Å². The van der Waals surface area contributed by atoms with E-state index in [1.54, 1.807) is 17.0 Å². The van der Waals surface area contributed by atoms with Crippen LogP contribution in [0.1, 0.15) is 66.6 Å². The number of methoxy groups -OCH3 is 1. The van der Waals surface area contributed by atoms with E-state index >= 15 is 0 Å². The standard InChI is InChI=1S/C29H35FN2O4/c1-19(17-30)20-8-10-22(11-9-20)28(34)32-15-14-25(21-6-4-3-5-7-21)27(32)26(33)16-24-13-12-23(18-31-24)29(35)36-2/h3-7,12-13,18-20,22,25,27H,8-11,14-17H2,1-2H3/t19?,20?,22?,25-,27+/m1/s1. The molecule has 1 saturated heterocycles. The van der Waals surface area contributed by atoms with Crippen molar-refractivity contribution in [2.45, 2.75) is 57.4 Å². The molecule has 1 aromatic heterocycles. The van der Waals surface area contributed by atoms with Gasteiger partial charge in [-0.3, -0.25) is 19.0 Å². The Labute approximate surface area is 212 Å². The van der Waals surface area contributed by atoms with Crippen molar-refractivity contribution in [3.63, 3.8) is 0 Å². The Morgan fingerprint density at radius 3 is 2.39 bits per heavy atom. The van der Waals surface area contributed by atoms with Crippen molar-refractivity contribution < 1.29 is 23.5 Å². The third kappa shape index (κ3) is 5.66. The number of esters is 1. The number of ether oxygens (including phenoxy) is 1. The molecule has 192 valence electrons. The zero-order valence-corrected chi connectivity index (χ0v) is 21.1. The minimum Gasteiger partial charge on any atom is -0.465 e. The maximum atomic E-state index is 13.7. The molecule has 2 fully saturated rings. The summed E-state index contributed by atoms with van der Waals surface area (Å²) in [5, 5.41) is 0. The van der Waals surface area contributed by atoms with E-state index < -0.39 is 12.0 Å². The number of amides is 1. The van der Waals surface area contributed by atoms with Gasteiger partial charge >= 0.3 is 5.97 Å². The highest BCUT2D eigenvalue weighted by Gasteiger charge is 2.44. The van der Waals surface area contributed by atoms with Crippen LogP contribution in [-0.4, -0.2) is 53.9 Å². The van der Waals surface area contributed by atoms with Gasteiger partial charge in [0, 0.05) is 30.3 Å². The van der Waals surface area contributed by atoms with Gasteiger partial charge < -0.3 is 9.64 Å². The first-order valence-electron chi connectivity index (χ1n) is 12.9. The van der Waals surface area contributed by atoms with Crippen LogP contribution in [0, 0.1) is 17.8 Å². The summed E-state index contributed by atoms with van der Waals surface area (Å²) in [5.74, 6) is -0.309. The van der Waals surface area contributed by atoms with E-state index in [0.717, 1.165) is 37.7 Å². The number of pyridine rings is 1. The van der Waals surface area contributed by atoms with Crippen LogP contribution in [0.4, 0.5) is 4.39 Å². The van der Waals surface area contributed by atoms with Crippen LogP contribution in [0.15, 0.2) is 48.7 Å². The molecule has 1 aliphatic heterocycles. The average Bonchev–Trinajstić information content (AvgIpc) is 3.38. The maximum absolute atomic E-state index is 13.7. The molecular weight excluding hydrogens is 459 g/mol. The van der Waals surface area contributed by atoms with Gasteiger partial charge in [0.1, 0.15) is 0 Å².